The molecule has 0 bridgehead atoms. The highest BCUT2D eigenvalue weighted by molar-refractivity contribution is 7.89. The average molecular weight is 474 g/mol. The van der Waals surface area contributed by atoms with E-state index in [2.05, 4.69) is 9.71 Å². The number of hydrogen-bond donors (Lipinski definition) is 1. The topological polar surface area (TPSA) is 111 Å². The third kappa shape index (κ3) is 6.16. The van der Waals surface area contributed by atoms with Crippen molar-refractivity contribution >= 4 is 38.9 Å². The molecule has 0 aliphatic heterocycles. The number of alkyl halides is 3. The van der Waals surface area contributed by atoms with E-state index in [9.17, 15) is 31.7 Å². The van der Waals surface area contributed by atoms with Crippen LogP contribution in [0, 0.1) is 10.1 Å². The first-order valence-electron chi connectivity index (χ1n) is 7.71. The molecule has 0 unspecified atom stereocenters. The maximum atomic E-state index is 12.9. The maximum Gasteiger partial charge on any atom is 0.421 e. The lowest BCUT2D eigenvalue weighted by Crippen LogP contribution is -2.26. The smallest absolute Gasteiger partial charge is 0.421 e. The molecule has 0 atom stereocenters. The summed E-state index contributed by atoms with van der Waals surface area (Å²) in [5.41, 5.74) is -1.62. The van der Waals surface area contributed by atoms with Gasteiger partial charge in [0.15, 0.2) is 0 Å². The van der Waals surface area contributed by atoms with Crippen LogP contribution in [0.4, 0.5) is 18.9 Å². The van der Waals surface area contributed by atoms with E-state index in [0.717, 1.165) is 24.4 Å². The molecule has 0 radical (unpaired) electrons. The Labute approximate surface area is 172 Å². The van der Waals surface area contributed by atoms with Crippen molar-refractivity contribution in [1.82, 2.24) is 9.71 Å². The van der Waals surface area contributed by atoms with Crippen LogP contribution >= 0.6 is 23.2 Å². The van der Waals surface area contributed by atoms with Crippen molar-refractivity contribution in [3.8, 4) is 5.88 Å². The van der Waals surface area contributed by atoms with Gasteiger partial charge in [0.25, 0.3) is 5.69 Å². The Kier molecular flexibility index (Phi) is 7.27. The molecule has 0 aliphatic rings. The zero-order chi connectivity index (χ0) is 21.8. The highest BCUT2D eigenvalue weighted by Gasteiger charge is 2.35. The standard InChI is InChI=1S/C15H12Cl2F3N3O5S/c16-9-6-11(15(18,19)20)14(21-8-9)28-5-1-4-22-29(26,27)13-7-10(23(24)25)2-3-12(13)17/h2-3,6-8,22H,1,4-5H2. The summed E-state index contributed by atoms with van der Waals surface area (Å²) in [4.78, 5) is 13.0. The Morgan fingerprint density at radius 1 is 1.24 bits per heavy atom. The Bertz CT molecular complexity index is 1020. The van der Waals surface area contributed by atoms with E-state index in [-0.39, 0.29) is 29.6 Å². The van der Waals surface area contributed by atoms with Gasteiger partial charge in [0, 0.05) is 24.9 Å². The lowest BCUT2D eigenvalue weighted by molar-refractivity contribution is -0.385. The van der Waals surface area contributed by atoms with E-state index in [4.69, 9.17) is 27.9 Å². The molecule has 1 N–H and O–H groups in total. The summed E-state index contributed by atoms with van der Waals surface area (Å²) in [5, 5.41) is 10.3. The second kappa shape index (κ2) is 9.11. The summed E-state index contributed by atoms with van der Waals surface area (Å²) in [6.45, 7) is -0.515. The van der Waals surface area contributed by atoms with E-state index >= 15 is 0 Å². The summed E-state index contributed by atoms with van der Waals surface area (Å²) >= 11 is 11.3. The molecule has 8 nitrogen and oxygen atoms in total. The first-order valence-corrected chi connectivity index (χ1v) is 9.95. The molecule has 0 fully saturated rings. The molecular weight excluding hydrogens is 462 g/mol. The molecule has 0 aliphatic carbocycles. The van der Waals surface area contributed by atoms with Gasteiger partial charge in [0.1, 0.15) is 10.5 Å². The summed E-state index contributed by atoms with van der Waals surface area (Å²) in [6.07, 6.45) is -3.76. The minimum absolute atomic E-state index is 0.0205. The number of halogens is 5. The van der Waals surface area contributed by atoms with Crippen LogP contribution < -0.4 is 9.46 Å². The lowest BCUT2D eigenvalue weighted by atomic mass is 10.2. The van der Waals surface area contributed by atoms with Crippen molar-refractivity contribution in [2.75, 3.05) is 13.2 Å². The monoisotopic (exact) mass is 473 g/mol. The van der Waals surface area contributed by atoms with Crippen LogP contribution in [0.25, 0.3) is 0 Å². The van der Waals surface area contributed by atoms with Gasteiger partial charge in [-0.3, -0.25) is 10.1 Å². The molecule has 2 rings (SSSR count). The molecule has 1 heterocycles. The van der Waals surface area contributed by atoms with Crippen molar-refractivity contribution in [2.24, 2.45) is 0 Å². The normalized spacial score (nSPS) is 12.0. The number of rotatable bonds is 8. The van der Waals surface area contributed by atoms with Crippen molar-refractivity contribution < 1.29 is 31.2 Å². The number of hydrogen-bond acceptors (Lipinski definition) is 6. The second-order valence-corrected chi connectivity index (χ2v) is 8.05. The minimum atomic E-state index is -4.73. The van der Waals surface area contributed by atoms with Gasteiger partial charge in [-0.1, -0.05) is 23.2 Å². The molecule has 2 aromatic rings. The largest absolute Gasteiger partial charge is 0.477 e. The van der Waals surface area contributed by atoms with Gasteiger partial charge in [-0.15, -0.1) is 0 Å². The van der Waals surface area contributed by atoms with Crippen LogP contribution in [0.1, 0.15) is 12.0 Å². The highest BCUT2D eigenvalue weighted by Crippen LogP contribution is 2.36. The molecule has 1 aromatic heterocycles. The van der Waals surface area contributed by atoms with Crippen molar-refractivity contribution in [2.45, 2.75) is 17.5 Å². The number of benzene rings is 1. The Morgan fingerprint density at radius 2 is 1.93 bits per heavy atom. The molecule has 29 heavy (non-hydrogen) atoms. The SMILES string of the molecule is O=[N+]([O-])c1ccc(Cl)c(S(=O)(=O)NCCCOc2ncc(Cl)cc2C(F)(F)F)c1. The number of nitro benzene ring substituents is 1. The highest BCUT2D eigenvalue weighted by atomic mass is 35.5. The van der Waals surface area contributed by atoms with Crippen LogP contribution in [0.15, 0.2) is 35.4 Å². The Balaban J connectivity index is 1.98. The lowest BCUT2D eigenvalue weighted by Gasteiger charge is -2.13. The van der Waals surface area contributed by atoms with Crippen LogP contribution in [0.2, 0.25) is 10.0 Å². The van der Waals surface area contributed by atoms with E-state index in [1.54, 1.807) is 0 Å². The van der Waals surface area contributed by atoms with Gasteiger partial charge in [-0.2, -0.15) is 13.2 Å². The van der Waals surface area contributed by atoms with Crippen LogP contribution in [0.5, 0.6) is 5.88 Å². The first kappa shape index (κ1) is 23.1. The predicted molar refractivity (Wildman–Crippen MR) is 97.7 cm³/mol. The molecule has 1 aromatic carbocycles. The third-order valence-corrected chi connectivity index (χ3v) is 5.54. The molecule has 14 heteroatoms. The second-order valence-electron chi connectivity index (χ2n) is 5.48. The molecule has 158 valence electrons. The van der Waals surface area contributed by atoms with E-state index in [1.807, 2.05) is 0 Å². The summed E-state index contributed by atoms with van der Waals surface area (Å²) < 4.78 is 70.4. The zero-order valence-electron chi connectivity index (χ0n) is 14.2. The van der Waals surface area contributed by atoms with Gasteiger partial charge >= 0.3 is 6.18 Å². The quantitative estimate of drug-likeness (QED) is 0.351. The number of ether oxygens (including phenoxy) is 1. The van der Waals surface area contributed by atoms with Gasteiger partial charge in [-0.25, -0.2) is 18.1 Å². The first-order chi connectivity index (χ1) is 13.4. The van der Waals surface area contributed by atoms with Crippen LogP contribution in [0.3, 0.4) is 0 Å². The summed E-state index contributed by atoms with van der Waals surface area (Å²) in [6, 6.07) is 3.58. The number of pyridine rings is 1. The van der Waals surface area contributed by atoms with Gasteiger partial charge in [0.05, 0.1) is 21.6 Å². The third-order valence-electron chi connectivity index (χ3n) is 3.39. The molecule has 0 amide bonds. The molecule has 0 saturated heterocycles. The molecule has 0 spiro atoms. The Hall–Kier alpha value is -2.15. The fourth-order valence-electron chi connectivity index (χ4n) is 2.08. The summed E-state index contributed by atoms with van der Waals surface area (Å²) in [5.74, 6) is -0.688. The van der Waals surface area contributed by atoms with E-state index in [0.29, 0.717) is 6.07 Å². The zero-order valence-corrected chi connectivity index (χ0v) is 16.6. The predicted octanol–water partition coefficient (Wildman–Crippen LogP) is 4.06. The molecular formula is C15H12Cl2F3N3O5S. The van der Waals surface area contributed by atoms with Gasteiger partial charge in [0.2, 0.25) is 15.9 Å². The van der Waals surface area contributed by atoms with Crippen LogP contribution in [-0.2, 0) is 16.2 Å². The maximum absolute atomic E-state index is 12.9. The fraction of sp³-hybridized carbons (Fsp3) is 0.267. The van der Waals surface area contributed by atoms with Crippen molar-refractivity contribution in [1.29, 1.82) is 0 Å². The minimum Gasteiger partial charge on any atom is -0.477 e. The molecule has 0 saturated carbocycles. The number of nitrogens with one attached hydrogen (secondary N) is 1. The van der Waals surface area contributed by atoms with E-state index in [1.165, 1.54) is 0 Å². The fourth-order valence-corrected chi connectivity index (χ4v) is 3.83. The van der Waals surface area contributed by atoms with Gasteiger partial charge < -0.3 is 4.74 Å². The number of nitro groups is 1. The van der Waals surface area contributed by atoms with Crippen molar-refractivity contribution in [3.05, 3.63) is 56.2 Å². The van der Waals surface area contributed by atoms with Crippen LogP contribution in [-0.4, -0.2) is 31.5 Å². The Morgan fingerprint density at radius 3 is 2.55 bits per heavy atom. The van der Waals surface area contributed by atoms with Gasteiger partial charge in [-0.05, 0) is 18.6 Å². The number of sulfonamides is 1. The summed E-state index contributed by atoms with van der Waals surface area (Å²) in [7, 11) is -4.18. The van der Waals surface area contributed by atoms with E-state index < -0.39 is 43.1 Å². The van der Waals surface area contributed by atoms with Crippen molar-refractivity contribution in [3.63, 3.8) is 0 Å². The number of nitrogens with zero attached hydrogens (tertiary/aromatic N) is 2. The number of aromatic nitrogens is 1. The average Bonchev–Trinajstić information content (AvgIpc) is 2.61. The number of non-ortho nitro benzene ring substituents is 1.